The fourth-order valence-corrected chi connectivity index (χ4v) is 5.02. The van der Waals surface area contributed by atoms with E-state index in [0.29, 0.717) is 18.1 Å². The Hall–Kier alpha value is -0.550. The topological polar surface area (TPSA) is 33.0 Å². The second-order valence-electron chi connectivity index (χ2n) is 8.78. The number of nitriles is 1. The van der Waals surface area contributed by atoms with E-state index in [4.69, 9.17) is 10.00 Å². The molecule has 2 saturated carbocycles. The highest BCUT2D eigenvalue weighted by Crippen LogP contribution is 2.40. The first-order valence-corrected chi connectivity index (χ1v) is 11.3. The van der Waals surface area contributed by atoms with Crippen molar-refractivity contribution in [2.24, 2.45) is 17.8 Å². The molecule has 0 radical (unpaired) electrons. The minimum absolute atomic E-state index is 0.346. The van der Waals surface area contributed by atoms with Gasteiger partial charge in [-0.2, -0.15) is 5.26 Å². The molecule has 2 aliphatic carbocycles. The smallest absolute Gasteiger partial charge is 0.0655 e. The molecule has 2 nitrogen and oxygen atoms in total. The first kappa shape index (κ1) is 20.8. The number of hydrogen-bond donors (Lipinski definition) is 0. The summed E-state index contributed by atoms with van der Waals surface area (Å²) in [6, 6.07) is 2.47. The van der Waals surface area contributed by atoms with E-state index < -0.39 is 0 Å². The molecule has 0 aromatic carbocycles. The molecule has 0 aliphatic heterocycles. The van der Waals surface area contributed by atoms with Crippen LogP contribution in [0.1, 0.15) is 110 Å². The first-order valence-electron chi connectivity index (χ1n) is 11.3. The highest BCUT2D eigenvalue weighted by atomic mass is 16.5. The van der Waals surface area contributed by atoms with Crippen LogP contribution in [0.5, 0.6) is 0 Å². The Morgan fingerprint density at radius 2 is 1.40 bits per heavy atom. The molecule has 2 fully saturated rings. The van der Waals surface area contributed by atoms with Gasteiger partial charge in [0.25, 0.3) is 0 Å². The molecule has 0 saturated heterocycles. The third-order valence-corrected chi connectivity index (χ3v) is 6.73. The van der Waals surface area contributed by atoms with Gasteiger partial charge in [0.2, 0.25) is 0 Å². The summed E-state index contributed by atoms with van der Waals surface area (Å²) >= 11 is 0. The summed E-state index contributed by atoms with van der Waals surface area (Å²) < 4.78 is 6.35. The van der Waals surface area contributed by atoms with E-state index in [2.05, 4.69) is 19.9 Å². The van der Waals surface area contributed by atoms with Gasteiger partial charge in [0, 0.05) is 5.92 Å². The van der Waals surface area contributed by atoms with Crippen molar-refractivity contribution in [1.82, 2.24) is 0 Å². The lowest BCUT2D eigenvalue weighted by Crippen LogP contribution is -2.30. The van der Waals surface area contributed by atoms with E-state index >= 15 is 0 Å². The standard InChI is InChI=1S/C23H41NO/c1-3-4-5-6-7-8-9-19(2)25-23-16-14-22(15-17-23)21-12-10-20(18-24)11-13-21/h19-23H,3-17H2,1-2H3. The molecule has 0 aromatic heterocycles. The van der Waals surface area contributed by atoms with E-state index in [0.717, 1.165) is 24.7 Å². The Bertz CT molecular complexity index is 372. The predicted octanol–water partition coefficient (Wildman–Crippen LogP) is 7.03. The van der Waals surface area contributed by atoms with Crippen molar-refractivity contribution in [2.45, 2.75) is 122 Å². The molecule has 0 N–H and O–H groups in total. The molecule has 2 aliphatic rings. The molecule has 2 rings (SSSR count). The van der Waals surface area contributed by atoms with Crippen molar-refractivity contribution in [1.29, 1.82) is 5.26 Å². The zero-order valence-corrected chi connectivity index (χ0v) is 16.8. The molecule has 0 amide bonds. The van der Waals surface area contributed by atoms with Crippen molar-refractivity contribution in [3.8, 4) is 6.07 Å². The van der Waals surface area contributed by atoms with Crippen LogP contribution in [-0.4, -0.2) is 12.2 Å². The second-order valence-corrected chi connectivity index (χ2v) is 8.78. The minimum Gasteiger partial charge on any atom is -0.375 e. The summed E-state index contributed by atoms with van der Waals surface area (Å²) in [5.74, 6) is 2.15. The average Bonchev–Trinajstić information content (AvgIpc) is 2.65. The molecule has 2 heteroatoms. The maximum Gasteiger partial charge on any atom is 0.0655 e. The maximum absolute atomic E-state index is 9.06. The Labute approximate surface area is 156 Å². The summed E-state index contributed by atoms with van der Waals surface area (Å²) in [7, 11) is 0. The summed E-state index contributed by atoms with van der Waals surface area (Å²) in [5, 5.41) is 9.06. The molecular weight excluding hydrogens is 306 g/mol. The second kappa shape index (κ2) is 11.9. The number of rotatable bonds is 10. The Morgan fingerprint density at radius 3 is 2.00 bits per heavy atom. The number of nitrogens with zero attached hydrogens (tertiary/aromatic N) is 1. The Morgan fingerprint density at radius 1 is 0.840 bits per heavy atom. The lowest BCUT2D eigenvalue weighted by molar-refractivity contribution is -0.0379. The van der Waals surface area contributed by atoms with E-state index in [9.17, 15) is 0 Å². The highest BCUT2D eigenvalue weighted by Gasteiger charge is 2.31. The van der Waals surface area contributed by atoms with Crippen molar-refractivity contribution in [2.75, 3.05) is 0 Å². The van der Waals surface area contributed by atoms with Crippen LogP contribution in [0, 0.1) is 29.1 Å². The third kappa shape index (κ3) is 7.69. The van der Waals surface area contributed by atoms with Gasteiger partial charge in [-0.25, -0.2) is 0 Å². The largest absolute Gasteiger partial charge is 0.375 e. The van der Waals surface area contributed by atoms with Crippen molar-refractivity contribution in [3.05, 3.63) is 0 Å². The van der Waals surface area contributed by atoms with Crippen molar-refractivity contribution >= 4 is 0 Å². The van der Waals surface area contributed by atoms with E-state index in [-0.39, 0.29) is 0 Å². The summed E-state index contributed by atoms with van der Waals surface area (Å²) in [6.45, 7) is 4.56. The van der Waals surface area contributed by atoms with Gasteiger partial charge in [0.05, 0.1) is 18.3 Å². The van der Waals surface area contributed by atoms with Crippen LogP contribution in [0.15, 0.2) is 0 Å². The summed E-state index contributed by atoms with van der Waals surface area (Å²) in [4.78, 5) is 0. The molecular formula is C23H41NO. The number of hydrogen-bond acceptors (Lipinski definition) is 2. The molecule has 0 aromatic rings. The fourth-order valence-electron chi connectivity index (χ4n) is 5.02. The zero-order chi connectivity index (χ0) is 17.9. The zero-order valence-electron chi connectivity index (χ0n) is 16.8. The summed E-state index contributed by atoms with van der Waals surface area (Å²) in [6.07, 6.45) is 20.6. The van der Waals surface area contributed by atoms with Gasteiger partial charge in [-0.15, -0.1) is 0 Å². The van der Waals surface area contributed by atoms with Gasteiger partial charge in [0.15, 0.2) is 0 Å². The van der Waals surface area contributed by atoms with Crippen LogP contribution in [-0.2, 0) is 4.74 Å². The number of unbranched alkanes of at least 4 members (excludes halogenated alkanes) is 5. The molecule has 0 bridgehead atoms. The maximum atomic E-state index is 9.06. The molecule has 0 heterocycles. The van der Waals surface area contributed by atoms with Crippen LogP contribution >= 0.6 is 0 Å². The lowest BCUT2D eigenvalue weighted by Gasteiger charge is -2.37. The van der Waals surface area contributed by atoms with Crippen LogP contribution in [0.2, 0.25) is 0 Å². The van der Waals surface area contributed by atoms with Gasteiger partial charge < -0.3 is 4.74 Å². The molecule has 1 unspecified atom stereocenters. The van der Waals surface area contributed by atoms with Gasteiger partial charge in [-0.1, -0.05) is 45.4 Å². The normalized spacial score (nSPS) is 31.4. The van der Waals surface area contributed by atoms with Gasteiger partial charge in [0.1, 0.15) is 0 Å². The molecule has 25 heavy (non-hydrogen) atoms. The Kier molecular flexibility index (Phi) is 9.92. The van der Waals surface area contributed by atoms with Gasteiger partial charge in [-0.3, -0.25) is 0 Å². The Balaban J connectivity index is 1.54. The van der Waals surface area contributed by atoms with Crippen LogP contribution < -0.4 is 0 Å². The fraction of sp³-hybridized carbons (Fsp3) is 0.957. The molecule has 144 valence electrons. The van der Waals surface area contributed by atoms with Crippen molar-refractivity contribution in [3.63, 3.8) is 0 Å². The summed E-state index contributed by atoms with van der Waals surface area (Å²) in [5.41, 5.74) is 0. The average molecular weight is 348 g/mol. The highest BCUT2D eigenvalue weighted by molar-refractivity contribution is 4.89. The number of ether oxygens (including phenoxy) is 1. The van der Waals surface area contributed by atoms with Crippen LogP contribution in [0.3, 0.4) is 0 Å². The molecule has 1 atom stereocenters. The monoisotopic (exact) mass is 347 g/mol. The third-order valence-electron chi connectivity index (χ3n) is 6.73. The van der Waals surface area contributed by atoms with Gasteiger partial charge in [-0.05, 0) is 76.5 Å². The molecule has 0 spiro atoms. The lowest BCUT2D eigenvalue weighted by atomic mass is 9.71. The minimum atomic E-state index is 0.346. The van der Waals surface area contributed by atoms with E-state index in [1.165, 1.54) is 83.5 Å². The van der Waals surface area contributed by atoms with Gasteiger partial charge >= 0.3 is 0 Å². The van der Waals surface area contributed by atoms with E-state index in [1.807, 2.05) is 0 Å². The van der Waals surface area contributed by atoms with Crippen LogP contribution in [0.25, 0.3) is 0 Å². The van der Waals surface area contributed by atoms with E-state index in [1.54, 1.807) is 0 Å². The SMILES string of the molecule is CCCCCCCCC(C)OC1CCC(C2CCC(C#N)CC2)CC1. The van der Waals surface area contributed by atoms with Crippen LogP contribution in [0.4, 0.5) is 0 Å². The van der Waals surface area contributed by atoms with Crippen molar-refractivity contribution < 1.29 is 4.74 Å². The first-order chi connectivity index (χ1) is 12.2. The quantitative estimate of drug-likeness (QED) is 0.397. The predicted molar refractivity (Wildman–Crippen MR) is 105 cm³/mol.